The van der Waals surface area contributed by atoms with Crippen LogP contribution in [-0.4, -0.2) is 23.0 Å². The fraction of sp³-hybridized carbons (Fsp3) is 0.143. The SMILES string of the molecule is O=C(Cc1ccc2ccccc2c1)N[C@H](Cc1cccc(Br)c1)C(=O)O. The average molecular weight is 412 g/mol. The van der Waals surface area contributed by atoms with E-state index in [1.165, 1.54) is 0 Å². The van der Waals surface area contributed by atoms with E-state index in [2.05, 4.69) is 21.2 Å². The molecule has 4 nitrogen and oxygen atoms in total. The summed E-state index contributed by atoms with van der Waals surface area (Å²) in [5, 5.41) is 14.2. The number of nitrogens with one attached hydrogen (secondary N) is 1. The maximum absolute atomic E-state index is 12.3. The Morgan fingerprint density at radius 1 is 0.923 bits per heavy atom. The predicted octanol–water partition coefficient (Wildman–Crippen LogP) is 3.96. The summed E-state index contributed by atoms with van der Waals surface area (Å²) in [5.41, 5.74) is 1.70. The van der Waals surface area contributed by atoms with E-state index in [4.69, 9.17) is 0 Å². The molecule has 3 aromatic carbocycles. The van der Waals surface area contributed by atoms with Crippen molar-refractivity contribution < 1.29 is 14.7 Å². The number of carbonyl (C=O) groups is 2. The molecule has 0 saturated heterocycles. The molecule has 0 bridgehead atoms. The normalized spacial score (nSPS) is 11.9. The van der Waals surface area contributed by atoms with Crippen LogP contribution in [0.25, 0.3) is 10.8 Å². The summed E-state index contributed by atoms with van der Waals surface area (Å²) >= 11 is 3.37. The molecular weight excluding hydrogens is 394 g/mol. The maximum Gasteiger partial charge on any atom is 0.326 e. The van der Waals surface area contributed by atoms with Crippen LogP contribution in [0.15, 0.2) is 71.2 Å². The van der Waals surface area contributed by atoms with Gasteiger partial charge in [0.2, 0.25) is 5.91 Å². The lowest BCUT2D eigenvalue weighted by molar-refractivity contribution is -0.141. The fourth-order valence-corrected chi connectivity index (χ4v) is 3.33. The second-order valence-corrected chi connectivity index (χ2v) is 7.07. The van der Waals surface area contributed by atoms with Crippen molar-refractivity contribution in [1.29, 1.82) is 0 Å². The molecule has 5 heteroatoms. The van der Waals surface area contributed by atoms with Gasteiger partial charge in [0.1, 0.15) is 6.04 Å². The van der Waals surface area contributed by atoms with Crippen molar-refractivity contribution in [3.05, 3.63) is 82.3 Å². The van der Waals surface area contributed by atoms with Gasteiger partial charge in [-0.3, -0.25) is 4.79 Å². The molecular formula is C21H18BrNO3. The molecule has 0 heterocycles. The van der Waals surface area contributed by atoms with E-state index < -0.39 is 12.0 Å². The Morgan fingerprint density at radius 3 is 2.42 bits per heavy atom. The molecule has 0 aliphatic rings. The van der Waals surface area contributed by atoms with Gasteiger partial charge in [-0.15, -0.1) is 0 Å². The van der Waals surface area contributed by atoms with Gasteiger partial charge in [0.15, 0.2) is 0 Å². The van der Waals surface area contributed by atoms with Crippen LogP contribution >= 0.6 is 15.9 Å². The quantitative estimate of drug-likeness (QED) is 0.644. The van der Waals surface area contributed by atoms with Crippen molar-refractivity contribution >= 4 is 38.6 Å². The van der Waals surface area contributed by atoms with Crippen LogP contribution in [0, 0.1) is 0 Å². The van der Waals surface area contributed by atoms with Crippen molar-refractivity contribution in [2.75, 3.05) is 0 Å². The molecule has 0 unspecified atom stereocenters. The first-order valence-electron chi connectivity index (χ1n) is 8.25. The lowest BCUT2D eigenvalue weighted by Crippen LogP contribution is -2.43. The van der Waals surface area contributed by atoms with Gasteiger partial charge in [-0.2, -0.15) is 0 Å². The molecule has 0 aliphatic carbocycles. The molecule has 0 aliphatic heterocycles. The first-order valence-corrected chi connectivity index (χ1v) is 9.05. The van der Waals surface area contributed by atoms with E-state index in [1.807, 2.05) is 66.7 Å². The summed E-state index contributed by atoms with van der Waals surface area (Å²) in [6.07, 6.45) is 0.380. The third kappa shape index (κ3) is 4.70. The summed E-state index contributed by atoms with van der Waals surface area (Å²) in [6.45, 7) is 0. The van der Waals surface area contributed by atoms with E-state index in [9.17, 15) is 14.7 Å². The van der Waals surface area contributed by atoms with Crippen LogP contribution in [0.2, 0.25) is 0 Å². The van der Waals surface area contributed by atoms with Crippen molar-refractivity contribution in [2.45, 2.75) is 18.9 Å². The highest BCUT2D eigenvalue weighted by Gasteiger charge is 2.20. The minimum absolute atomic E-state index is 0.146. The number of fused-ring (bicyclic) bond motifs is 1. The van der Waals surface area contributed by atoms with Crippen molar-refractivity contribution in [3.8, 4) is 0 Å². The summed E-state index contributed by atoms with van der Waals surface area (Å²) in [6, 6.07) is 20.2. The molecule has 0 saturated carbocycles. The zero-order valence-electron chi connectivity index (χ0n) is 14.0. The van der Waals surface area contributed by atoms with Gasteiger partial charge in [0, 0.05) is 10.9 Å². The van der Waals surface area contributed by atoms with Gasteiger partial charge >= 0.3 is 5.97 Å². The second kappa shape index (κ2) is 8.15. The Morgan fingerprint density at radius 2 is 1.69 bits per heavy atom. The van der Waals surface area contributed by atoms with Crippen LogP contribution in [-0.2, 0) is 22.4 Å². The van der Waals surface area contributed by atoms with E-state index >= 15 is 0 Å². The average Bonchev–Trinajstić information content (AvgIpc) is 2.61. The maximum atomic E-state index is 12.3. The number of carbonyl (C=O) groups excluding carboxylic acids is 1. The monoisotopic (exact) mass is 411 g/mol. The lowest BCUT2D eigenvalue weighted by atomic mass is 10.0. The molecule has 0 aromatic heterocycles. The molecule has 1 atom stereocenters. The summed E-state index contributed by atoms with van der Waals surface area (Å²) in [5.74, 6) is -1.35. The zero-order valence-corrected chi connectivity index (χ0v) is 15.6. The predicted molar refractivity (Wildman–Crippen MR) is 105 cm³/mol. The van der Waals surface area contributed by atoms with Gasteiger partial charge in [0.25, 0.3) is 0 Å². The topological polar surface area (TPSA) is 66.4 Å². The molecule has 2 N–H and O–H groups in total. The highest BCUT2D eigenvalue weighted by atomic mass is 79.9. The molecule has 0 fully saturated rings. The summed E-state index contributed by atoms with van der Waals surface area (Å²) in [4.78, 5) is 23.9. The van der Waals surface area contributed by atoms with Gasteiger partial charge in [-0.25, -0.2) is 4.79 Å². The number of hydrogen-bond donors (Lipinski definition) is 2. The van der Waals surface area contributed by atoms with E-state index in [0.717, 1.165) is 26.4 Å². The van der Waals surface area contributed by atoms with E-state index in [0.29, 0.717) is 0 Å². The Bertz CT molecular complexity index is 955. The lowest BCUT2D eigenvalue weighted by Gasteiger charge is -2.15. The molecule has 3 aromatic rings. The first-order chi connectivity index (χ1) is 12.5. The second-order valence-electron chi connectivity index (χ2n) is 6.15. The minimum atomic E-state index is -1.04. The van der Waals surface area contributed by atoms with Crippen molar-refractivity contribution in [3.63, 3.8) is 0 Å². The number of benzene rings is 3. The van der Waals surface area contributed by atoms with Gasteiger partial charge in [-0.05, 0) is 34.0 Å². The van der Waals surface area contributed by atoms with Crippen LogP contribution in [0.1, 0.15) is 11.1 Å². The molecule has 1 amide bonds. The Kier molecular flexibility index (Phi) is 5.68. The molecule has 3 rings (SSSR count). The minimum Gasteiger partial charge on any atom is -0.480 e. The number of hydrogen-bond acceptors (Lipinski definition) is 2. The van der Waals surface area contributed by atoms with E-state index in [-0.39, 0.29) is 18.7 Å². The Hall–Kier alpha value is -2.66. The standard InChI is InChI=1S/C21H18BrNO3/c22-18-7-3-4-14(11-18)12-19(21(25)26)23-20(24)13-15-8-9-16-5-1-2-6-17(16)10-15/h1-11,19H,12-13H2,(H,23,24)(H,25,26)/t19-/m1/s1. The van der Waals surface area contributed by atoms with Crippen LogP contribution < -0.4 is 5.32 Å². The molecule has 0 spiro atoms. The van der Waals surface area contributed by atoms with Gasteiger partial charge in [0.05, 0.1) is 6.42 Å². The largest absolute Gasteiger partial charge is 0.480 e. The van der Waals surface area contributed by atoms with Crippen LogP contribution in [0.3, 0.4) is 0 Å². The third-order valence-corrected chi connectivity index (χ3v) is 4.63. The third-order valence-electron chi connectivity index (χ3n) is 4.14. The zero-order chi connectivity index (χ0) is 18.5. The Balaban J connectivity index is 1.68. The molecule has 132 valence electrons. The number of rotatable bonds is 6. The summed E-state index contributed by atoms with van der Waals surface area (Å²) in [7, 11) is 0. The first kappa shape index (κ1) is 18.1. The van der Waals surface area contributed by atoms with Gasteiger partial charge < -0.3 is 10.4 Å². The van der Waals surface area contributed by atoms with E-state index in [1.54, 1.807) is 0 Å². The molecule has 0 radical (unpaired) electrons. The van der Waals surface area contributed by atoms with Gasteiger partial charge in [-0.1, -0.05) is 70.5 Å². The highest BCUT2D eigenvalue weighted by molar-refractivity contribution is 9.10. The fourth-order valence-electron chi connectivity index (χ4n) is 2.88. The number of halogens is 1. The van der Waals surface area contributed by atoms with Crippen molar-refractivity contribution in [2.24, 2.45) is 0 Å². The Labute approximate surface area is 160 Å². The molecule has 26 heavy (non-hydrogen) atoms. The number of carboxylic acid groups (broad SMARTS) is 1. The summed E-state index contributed by atoms with van der Waals surface area (Å²) < 4.78 is 0.877. The number of carboxylic acids is 1. The number of aliphatic carboxylic acids is 1. The smallest absolute Gasteiger partial charge is 0.326 e. The number of amides is 1. The van der Waals surface area contributed by atoms with Crippen molar-refractivity contribution in [1.82, 2.24) is 5.32 Å². The highest BCUT2D eigenvalue weighted by Crippen LogP contribution is 2.16. The van der Waals surface area contributed by atoms with Crippen LogP contribution in [0.4, 0.5) is 0 Å². The van der Waals surface area contributed by atoms with Crippen LogP contribution in [0.5, 0.6) is 0 Å².